The van der Waals surface area contributed by atoms with E-state index in [1.54, 1.807) is 6.20 Å². The average molecular weight is 383 g/mol. The molecular formula is C17H23ClN4O2S. The van der Waals surface area contributed by atoms with Gasteiger partial charge in [0, 0.05) is 29.7 Å². The summed E-state index contributed by atoms with van der Waals surface area (Å²) in [4.78, 5) is 21.3. The van der Waals surface area contributed by atoms with Crippen LogP contribution in [-0.2, 0) is 16.0 Å². The molecule has 0 saturated carbocycles. The highest BCUT2D eigenvalue weighted by atomic mass is 35.5. The van der Waals surface area contributed by atoms with Crippen molar-refractivity contribution in [3.8, 4) is 0 Å². The van der Waals surface area contributed by atoms with E-state index in [9.17, 15) is 4.79 Å². The van der Waals surface area contributed by atoms with Crippen molar-refractivity contribution >= 4 is 40.7 Å². The van der Waals surface area contributed by atoms with Crippen LogP contribution in [0.3, 0.4) is 0 Å². The maximum Gasteiger partial charge on any atom is 0.312 e. The first-order valence-corrected chi connectivity index (χ1v) is 8.93. The summed E-state index contributed by atoms with van der Waals surface area (Å²) >= 11 is 1.52. The second-order valence-electron chi connectivity index (χ2n) is 6.23. The van der Waals surface area contributed by atoms with E-state index in [1.165, 1.54) is 18.4 Å². The molecule has 2 aromatic heterocycles. The van der Waals surface area contributed by atoms with Gasteiger partial charge in [-0.3, -0.25) is 4.79 Å². The number of pyridine rings is 1. The number of carbonyl (C=O) groups is 1. The van der Waals surface area contributed by atoms with Crippen LogP contribution < -0.4 is 10.6 Å². The van der Waals surface area contributed by atoms with Crippen LogP contribution >= 0.6 is 23.7 Å². The molecule has 1 saturated heterocycles. The van der Waals surface area contributed by atoms with Gasteiger partial charge in [-0.2, -0.15) is 0 Å². The number of nitrogens with one attached hydrogen (secondary N) is 2. The third kappa shape index (κ3) is 4.68. The topological polar surface area (TPSA) is 76.1 Å². The summed E-state index contributed by atoms with van der Waals surface area (Å²) in [7, 11) is 1.46. The Morgan fingerprint density at radius 1 is 1.52 bits per heavy atom. The van der Waals surface area contributed by atoms with Gasteiger partial charge in [-0.25, -0.2) is 9.97 Å². The number of carbonyl (C=O) groups excluding carboxylic acids is 1. The summed E-state index contributed by atoms with van der Waals surface area (Å²) in [6.07, 6.45) is 3.85. The van der Waals surface area contributed by atoms with Crippen LogP contribution in [0.5, 0.6) is 0 Å². The molecule has 1 aliphatic heterocycles. The monoisotopic (exact) mass is 382 g/mol. The molecule has 6 nitrogen and oxygen atoms in total. The zero-order valence-corrected chi connectivity index (χ0v) is 16.0. The van der Waals surface area contributed by atoms with Gasteiger partial charge >= 0.3 is 5.97 Å². The van der Waals surface area contributed by atoms with E-state index in [1.807, 2.05) is 23.6 Å². The van der Waals surface area contributed by atoms with Gasteiger partial charge < -0.3 is 15.4 Å². The SMILES string of the molecule is COC(=O)C1(Cc2cccc(Nc3nccs3)n2)CCNC(C)C1.Cl. The predicted molar refractivity (Wildman–Crippen MR) is 102 cm³/mol. The number of thiazole rings is 1. The Morgan fingerprint density at radius 3 is 3.04 bits per heavy atom. The normalized spacial score (nSPS) is 22.7. The summed E-state index contributed by atoms with van der Waals surface area (Å²) in [6.45, 7) is 2.91. The Bertz CT molecular complexity index is 698. The number of hydrogen-bond acceptors (Lipinski definition) is 7. The number of piperidine rings is 1. The first-order chi connectivity index (χ1) is 11.6. The summed E-state index contributed by atoms with van der Waals surface area (Å²) in [5.41, 5.74) is 0.378. The van der Waals surface area contributed by atoms with Crippen molar-refractivity contribution in [2.45, 2.75) is 32.2 Å². The van der Waals surface area contributed by atoms with Gasteiger partial charge in [0.2, 0.25) is 0 Å². The van der Waals surface area contributed by atoms with E-state index < -0.39 is 5.41 Å². The molecule has 0 bridgehead atoms. The molecule has 2 N–H and O–H groups in total. The maximum absolute atomic E-state index is 12.5. The van der Waals surface area contributed by atoms with Gasteiger partial charge in [-0.15, -0.1) is 23.7 Å². The summed E-state index contributed by atoms with van der Waals surface area (Å²) in [5, 5.41) is 9.30. The molecule has 2 aromatic rings. The number of hydrogen-bond donors (Lipinski definition) is 2. The lowest BCUT2D eigenvalue weighted by Crippen LogP contribution is -2.48. The van der Waals surface area contributed by atoms with Crippen molar-refractivity contribution in [2.75, 3.05) is 19.0 Å². The lowest BCUT2D eigenvalue weighted by Gasteiger charge is -2.38. The van der Waals surface area contributed by atoms with E-state index in [0.717, 1.165) is 36.0 Å². The fourth-order valence-electron chi connectivity index (χ4n) is 3.34. The maximum atomic E-state index is 12.5. The van der Waals surface area contributed by atoms with Crippen LogP contribution in [0.4, 0.5) is 10.9 Å². The smallest absolute Gasteiger partial charge is 0.312 e. The van der Waals surface area contributed by atoms with E-state index >= 15 is 0 Å². The molecular weight excluding hydrogens is 360 g/mol. The van der Waals surface area contributed by atoms with Gasteiger partial charge in [-0.1, -0.05) is 6.07 Å². The highest BCUT2D eigenvalue weighted by Gasteiger charge is 2.43. The van der Waals surface area contributed by atoms with Crippen LogP contribution in [0, 0.1) is 5.41 Å². The minimum Gasteiger partial charge on any atom is -0.469 e. The first-order valence-electron chi connectivity index (χ1n) is 8.05. The second-order valence-corrected chi connectivity index (χ2v) is 7.13. The fourth-order valence-corrected chi connectivity index (χ4v) is 3.88. The molecule has 136 valence electrons. The van der Waals surface area contributed by atoms with Crippen molar-refractivity contribution in [1.29, 1.82) is 0 Å². The number of ether oxygens (including phenoxy) is 1. The molecule has 3 heterocycles. The summed E-state index contributed by atoms with van der Waals surface area (Å²) in [5.74, 6) is 0.598. The van der Waals surface area contributed by atoms with E-state index in [-0.39, 0.29) is 24.4 Å². The Hall–Kier alpha value is -1.70. The minimum atomic E-state index is -0.508. The average Bonchev–Trinajstić information content (AvgIpc) is 3.07. The van der Waals surface area contributed by atoms with Gasteiger partial charge in [-0.05, 0) is 38.4 Å². The van der Waals surface area contributed by atoms with Crippen LogP contribution in [-0.4, -0.2) is 35.6 Å². The number of rotatable bonds is 5. The zero-order valence-electron chi connectivity index (χ0n) is 14.3. The first kappa shape index (κ1) is 19.6. The van der Waals surface area contributed by atoms with Crippen LogP contribution in [0.2, 0.25) is 0 Å². The van der Waals surface area contributed by atoms with Crippen molar-refractivity contribution < 1.29 is 9.53 Å². The molecule has 25 heavy (non-hydrogen) atoms. The quantitative estimate of drug-likeness (QED) is 0.773. The molecule has 0 aromatic carbocycles. The molecule has 1 aliphatic rings. The van der Waals surface area contributed by atoms with Crippen molar-refractivity contribution in [3.05, 3.63) is 35.5 Å². The van der Waals surface area contributed by atoms with Crippen molar-refractivity contribution in [1.82, 2.24) is 15.3 Å². The molecule has 0 amide bonds. The summed E-state index contributed by atoms with van der Waals surface area (Å²) in [6, 6.07) is 6.10. The summed E-state index contributed by atoms with van der Waals surface area (Å²) < 4.78 is 5.11. The minimum absolute atomic E-state index is 0. The van der Waals surface area contributed by atoms with Gasteiger partial charge in [0.1, 0.15) is 5.82 Å². The molecule has 3 rings (SSSR count). The van der Waals surface area contributed by atoms with Crippen molar-refractivity contribution in [2.24, 2.45) is 5.41 Å². The van der Waals surface area contributed by atoms with Crippen LogP contribution in [0.15, 0.2) is 29.8 Å². The largest absolute Gasteiger partial charge is 0.469 e. The number of methoxy groups -OCH3 is 1. The predicted octanol–water partition coefficient (Wildman–Crippen LogP) is 3.18. The molecule has 1 fully saturated rings. The molecule has 2 unspecified atom stereocenters. The Labute approximate surface area is 157 Å². The number of halogens is 1. The fraction of sp³-hybridized carbons (Fsp3) is 0.471. The molecule has 8 heteroatoms. The van der Waals surface area contributed by atoms with Crippen molar-refractivity contribution in [3.63, 3.8) is 0 Å². The Kier molecular flexibility index (Phi) is 6.75. The molecule has 0 aliphatic carbocycles. The molecule has 2 atom stereocenters. The zero-order chi connectivity index (χ0) is 17.0. The number of anilines is 2. The molecule has 0 radical (unpaired) electrons. The van der Waals surface area contributed by atoms with Gasteiger partial charge in [0.25, 0.3) is 0 Å². The third-order valence-corrected chi connectivity index (χ3v) is 5.09. The second kappa shape index (κ2) is 8.60. The number of aromatic nitrogens is 2. The number of nitrogens with zero attached hydrogens (tertiary/aromatic N) is 2. The van der Waals surface area contributed by atoms with Gasteiger partial charge in [0.15, 0.2) is 5.13 Å². The lowest BCUT2D eigenvalue weighted by molar-refractivity contribution is -0.155. The standard InChI is InChI=1S/C17H22N4O2S.ClH/c1-12-10-17(6-7-18-12,15(22)23-2)11-13-4-3-5-14(20-13)21-16-19-8-9-24-16;/h3-5,8-9,12,18H,6-7,10-11H2,1-2H3,(H,19,20,21);1H. The third-order valence-electron chi connectivity index (χ3n) is 4.41. The van der Waals surface area contributed by atoms with Gasteiger partial charge in [0.05, 0.1) is 12.5 Å². The highest BCUT2D eigenvalue weighted by Crippen LogP contribution is 2.36. The highest BCUT2D eigenvalue weighted by molar-refractivity contribution is 7.13. The van der Waals surface area contributed by atoms with E-state index in [2.05, 4.69) is 27.5 Å². The van der Waals surface area contributed by atoms with Crippen LogP contribution in [0.25, 0.3) is 0 Å². The number of esters is 1. The molecule has 0 spiro atoms. The van der Waals surface area contributed by atoms with E-state index in [0.29, 0.717) is 6.42 Å². The van der Waals surface area contributed by atoms with E-state index in [4.69, 9.17) is 4.74 Å². The Morgan fingerprint density at radius 2 is 2.36 bits per heavy atom. The lowest BCUT2D eigenvalue weighted by atomic mass is 9.73. The van der Waals surface area contributed by atoms with Crippen LogP contribution in [0.1, 0.15) is 25.5 Å². The Balaban J connectivity index is 0.00000225.